The summed E-state index contributed by atoms with van der Waals surface area (Å²) in [5.74, 6) is -3.88. The molecular formula is C9H8F3NO. The molecule has 1 aliphatic heterocycles. The minimum Gasteiger partial charge on any atom is -0.482 e. The summed E-state index contributed by atoms with van der Waals surface area (Å²) in [6.07, 6.45) is -0.277. The highest BCUT2D eigenvalue weighted by Crippen LogP contribution is 2.25. The van der Waals surface area contributed by atoms with Gasteiger partial charge in [-0.1, -0.05) is 0 Å². The maximum absolute atomic E-state index is 13.0. The van der Waals surface area contributed by atoms with E-state index in [-0.39, 0.29) is 6.10 Å². The Hall–Kier alpha value is -1.23. The van der Waals surface area contributed by atoms with Crippen molar-refractivity contribution in [3.8, 4) is 5.75 Å². The van der Waals surface area contributed by atoms with Crippen LogP contribution in [-0.2, 0) is 0 Å². The summed E-state index contributed by atoms with van der Waals surface area (Å²) >= 11 is 0. The van der Waals surface area contributed by atoms with E-state index in [1.807, 2.05) is 0 Å². The quantitative estimate of drug-likeness (QED) is 0.734. The Bertz CT molecular complexity index is 352. The SMILES string of the molecule is Fc1ccc(F)c(OC2CNC2)c1F. The van der Waals surface area contributed by atoms with Gasteiger partial charge in [0.05, 0.1) is 0 Å². The van der Waals surface area contributed by atoms with Gasteiger partial charge in [-0.25, -0.2) is 8.78 Å². The van der Waals surface area contributed by atoms with Crippen molar-refractivity contribution in [2.24, 2.45) is 0 Å². The maximum atomic E-state index is 13.0. The molecule has 1 aromatic carbocycles. The standard InChI is InChI=1S/C9H8F3NO/c10-6-1-2-7(11)9(8(6)12)14-5-3-13-4-5/h1-2,5,13H,3-4H2. The smallest absolute Gasteiger partial charge is 0.203 e. The number of halogens is 3. The molecule has 2 nitrogen and oxygen atoms in total. The zero-order valence-corrected chi connectivity index (χ0v) is 7.19. The van der Waals surface area contributed by atoms with Crippen molar-refractivity contribution < 1.29 is 17.9 Å². The zero-order chi connectivity index (χ0) is 10.1. The van der Waals surface area contributed by atoms with Crippen LogP contribution in [-0.4, -0.2) is 19.2 Å². The van der Waals surface area contributed by atoms with E-state index in [4.69, 9.17) is 4.74 Å². The summed E-state index contributed by atoms with van der Waals surface area (Å²) < 4.78 is 43.7. The van der Waals surface area contributed by atoms with Crippen molar-refractivity contribution in [2.75, 3.05) is 13.1 Å². The number of ether oxygens (including phenoxy) is 1. The van der Waals surface area contributed by atoms with Crippen LogP contribution in [0.2, 0.25) is 0 Å². The van der Waals surface area contributed by atoms with Crippen LogP contribution in [0.5, 0.6) is 5.75 Å². The summed E-state index contributed by atoms with van der Waals surface area (Å²) in [6, 6.07) is 1.58. The molecule has 1 N–H and O–H groups in total. The second-order valence-electron chi connectivity index (χ2n) is 3.07. The average Bonchev–Trinajstić information content (AvgIpc) is 2.09. The van der Waals surface area contributed by atoms with Gasteiger partial charge < -0.3 is 10.1 Å². The zero-order valence-electron chi connectivity index (χ0n) is 7.19. The summed E-state index contributed by atoms with van der Waals surface area (Å²) in [5, 5.41) is 2.87. The van der Waals surface area contributed by atoms with Gasteiger partial charge in [0.2, 0.25) is 5.82 Å². The Labute approximate surface area is 78.7 Å². The molecule has 0 atom stereocenters. The lowest BCUT2D eigenvalue weighted by Gasteiger charge is -2.28. The third kappa shape index (κ3) is 1.55. The van der Waals surface area contributed by atoms with Crippen molar-refractivity contribution in [3.63, 3.8) is 0 Å². The molecule has 14 heavy (non-hydrogen) atoms. The van der Waals surface area contributed by atoms with E-state index in [9.17, 15) is 13.2 Å². The van der Waals surface area contributed by atoms with Crippen molar-refractivity contribution in [2.45, 2.75) is 6.10 Å². The van der Waals surface area contributed by atoms with Crippen molar-refractivity contribution >= 4 is 0 Å². The van der Waals surface area contributed by atoms with E-state index < -0.39 is 23.2 Å². The number of rotatable bonds is 2. The van der Waals surface area contributed by atoms with E-state index in [1.54, 1.807) is 0 Å². The normalized spacial score (nSPS) is 16.5. The molecule has 0 radical (unpaired) electrons. The third-order valence-corrected chi connectivity index (χ3v) is 2.03. The highest BCUT2D eigenvalue weighted by Gasteiger charge is 2.23. The van der Waals surface area contributed by atoms with Gasteiger partial charge in [-0.05, 0) is 12.1 Å². The Morgan fingerprint density at radius 3 is 2.36 bits per heavy atom. The number of hydrogen-bond donors (Lipinski definition) is 1. The Morgan fingerprint density at radius 1 is 1.14 bits per heavy atom. The van der Waals surface area contributed by atoms with E-state index >= 15 is 0 Å². The summed E-state index contributed by atoms with van der Waals surface area (Å²) in [7, 11) is 0. The van der Waals surface area contributed by atoms with Gasteiger partial charge in [-0.3, -0.25) is 0 Å². The monoisotopic (exact) mass is 203 g/mol. The van der Waals surface area contributed by atoms with Gasteiger partial charge in [0.1, 0.15) is 6.10 Å². The maximum Gasteiger partial charge on any atom is 0.203 e. The molecular weight excluding hydrogens is 195 g/mol. The average molecular weight is 203 g/mol. The van der Waals surface area contributed by atoms with Gasteiger partial charge in [-0.15, -0.1) is 0 Å². The topological polar surface area (TPSA) is 21.3 Å². The van der Waals surface area contributed by atoms with E-state index in [0.717, 1.165) is 12.1 Å². The molecule has 1 saturated heterocycles. The van der Waals surface area contributed by atoms with Gasteiger partial charge in [-0.2, -0.15) is 4.39 Å². The van der Waals surface area contributed by atoms with Gasteiger partial charge in [0.25, 0.3) is 0 Å². The van der Waals surface area contributed by atoms with Crippen LogP contribution in [0.3, 0.4) is 0 Å². The van der Waals surface area contributed by atoms with Gasteiger partial charge >= 0.3 is 0 Å². The molecule has 1 heterocycles. The van der Waals surface area contributed by atoms with Crippen LogP contribution >= 0.6 is 0 Å². The van der Waals surface area contributed by atoms with Gasteiger partial charge in [0.15, 0.2) is 17.4 Å². The van der Waals surface area contributed by atoms with E-state index in [1.165, 1.54) is 0 Å². The second-order valence-corrected chi connectivity index (χ2v) is 3.07. The lowest BCUT2D eigenvalue weighted by atomic mass is 10.2. The van der Waals surface area contributed by atoms with Crippen molar-refractivity contribution in [1.29, 1.82) is 0 Å². The van der Waals surface area contributed by atoms with Crippen molar-refractivity contribution in [3.05, 3.63) is 29.6 Å². The first kappa shape index (κ1) is 9.33. The Morgan fingerprint density at radius 2 is 1.79 bits per heavy atom. The van der Waals surface area contributed by atoms with Crippen molar-refractivity contribution in [1.82, 2.24) is 5.32 Å². The lowest BCUT2D eigenvalue weighted by Crippen LogP contribution is -2.50. The first-order valence-corrected chi connectivity index (χ1v) is 4.19. The predicted molar refractivity (Wildman–Crippen MR) is 43.6 cm³/mol. The Balaban J connectivity index is 2.25. The molecule has 5 heteroatoms. The molecule has 0 spiro atoms. The summed E-state index contributed by atoms with van der Waals surface area (Å²) in [6.45, 7) is 1.05. The number of nitrogens with one attached hydrogen (secondary N) is 1. The fourth-order valence-corrected chi connectivity index (χ4v) is 1.13. The molecule has 0 unspecified atom stereocenters. The number of benzene rings is 1. The molecule has 1 aromatic rings. The Kier molecular flexibility index (Phi) is 2.33. The molecule has 0 aromatic heterocycles. The second kappa shape index (κ2) is 3.49. The van der Waals surface area contributed by atoms with Crippen LogP contribution in [0.1, 0.15) is 0 Å². The molecule has 76 valence electrons. The molecule has 0 saturated carbocycles. The highest BCUT2D eigenvalue weighted by molar-refractivity contribution is 5.27. The predicted octanol–water partition coefficient (Wildman–Crippen LogP) is 1.45. The van der Waals surface area contributed by atoms with E-state index in [0.29, 0.717) is 13.1 Å². The summed E-state index contributed by atoms with van der Waals surface area (Å²) in [4.78, 5) is 0. The summed E-state index contributed by atoms with van der Waals surface area (Å²) in [5.41, 5.74) is 0. The molecule has 0 amide bonds. The van der Waals surface area contributed by atoms with Crippen LogP contribution in [0, 0.1) is 17.5 Å². The minimum atomic E-state index is -1.27. The molecule has 1 fully saturated rings. The van der Waals surface area contributed by atoms with Crippen LogP contribution in [0.25, 0.3) is 0 Å². The number of hydrogen-bond acceptors (Lipinski definition) is 2. The molecule has 1 aliphatic rings. The van der Waals surface area contributed by atoms with Crippen LogP contribution in [0.4, 0.5) is 13.2 Å². The molecule has 0 bridgehead atoms. The molecule has 2 rings (SSSR count). The fraction of sp³-hybridized carbons (Fsp3) is 0.333. The van der Waals surface area contributed by atoms with E-state index in [2.05, 4.69) is 5.32 Å². The largest absolute Gasteiger partial charge is 0.482 e. The molecule has 0 aliphatic carbocycles. The minimum absolute atomic E-state index is 0.277. The highest BCUT2D eigenvalue weighted by atomic mass is 19.2. The first-order chi connectivity index (χ1) is 6.68. The van der Waals surface area contributed by atoms with Crippen LogP contribution in [0.15, 0.2) is 12.1 Å². The van der Waals surface area contributed by atoms with Gasteiger partial charge in [0, 0.05) is 13.1 Å². The lowest BCUT2D eigenvalue weighted by molar-refractivity contribution is 0.128. The third-order valence-electron chi connectivity index (χ3n) is 2.03. The first-order valence-electron chi connectivity index (χ1n) is 4.19. The fourth-order valence-electron chi connectivity index (χ4n) is 1.13. The van der Waals surface area contributed by atoms with Crippen LogP contribution < -0.4 is 10.1 Å².